The molecule has 1 aromatic carbocycles. The summed E-state index contributed by atoms with van der Waals surface area (Å²) in [5, 5.41) is 11.4. The molecule has 1 saturated carbocycles. The molecule has 2 rings (SSSR count). The van der Waals surface area contributed by atoms with Gasteiger partial charge in [0, 0.05) is 6.07 Å². The van der Waals surface area contributed by atoms with E-state index < -0.39 is 35.3 Å². The molecule has 20 heavy (non-hydrogen) atoms. The van der Waals surface area contributed by atoms with Crippen molar-refractivity contribution in [2.75, 3.05) is 5.32 Å². The lowest BCUT2D eigenvalue weighted by atomic mass is 9.78. The standard InChI is InChI=1S/C14H15F2NO3/c15-8-5-6-11(16)12(7-8)17-13(18)9-3-1-2-4-10(9)14(19)20/h5-7,9-10H,1-4H2,(H,17,18)(H,19,20)/t9-,10+/m0/s1. The molecule has 1 aromatic rings. The van der Waals surface area contributed by atoms with Crippen LogP contribution in [0.4, 0.5) is 14.5 Å². The van der Waals surface area contributed by atoms with Crippen molar-refractivity contribution in [2.24, 2.45) is 11.8 Å². The third-order valence-corrected chi connectivity index (χ3v) is 3.61. The molecule has 1 amide bonds. The second-order valence-corrected chi connectivity index (χ2v) is 4.95. The highest BCUT2D eigenvalue weighted by atomic mass is 19.1. The number of benzene rings is 1. The molecule has 0 spiro atoms. The van der Waals surface area contributed by atoms with Gasteiger partial charge >= 0.3 is 5.97 Å². The average molecular weight is 283 g/mol. The Morgan fingerprint density at radius 2 is 1.80 bits per heavy atom. The number of carbonyl (C=O) groups is 2. The van der Waals surface area contributed by atoms with Gasteiger partial charge in [0.15, 0.2) is 0 Å². The summed E-state index contributed by atoms with van der Waals surface area (Å²) in [4.78, 5) is 23.2. The zero-order valence-electron chi connectivity index (χ0n) is 10.7. The molecule has 0 aromatic heterocycles. The number of anilines is 1. The molecule has 1 aliphatic carbocycles. The maximum atomic E-state index is 13.5. The Kier molecular flexibility index (Phi) is 4.32. The van der Waals surface area contributed by atoms with E-state index in [1.54, 1.807) is 0 Å². The summed E-state index contributed by atoms with van der Waals surface area (Å²) in [6.07, 6.45) is 2.39. The molecule has 0 radical (unpaired) electrons. The number of hydrogen-bond donors (Lipinski definition) is 2. The average Bonchev–Trinajstić information content (AvgIpc) is 2.42. The van der Waals surface area contributed by atoms with Crippen molar-refractivity contribution < 1.29 is 23.5 Å². The van der Waals surface area contributed by atoms with Crippen LogP contribution in [0.1, 0.15) is 25.7 Å². The summed E-state index contributed by atoms with van der Waals surface area (Å²) in [6.45, 7) is 0. The lowest BCUT2D eigenvalue weighted by Gasteiger charge is -2.27. The van der Waals surface area contributed by atoms with Crippen LogP contribution in [0.25, 0.3) is 0 Å². The molecule has 0 bridgehead atoms. The van der Waals surface area contributed by atoms with Gasteiger partial charge in [0.05, 0.1) is 17.5 Å². The number of carbonyl (C=O) groups excluding carboxylic acids is 1. The Morgan fingerprint density at radius 1 is 1.15 bits per heavy atom. The molecule has 2 atom stereocenters. The molecule has 0 unspecified atom stereocenters. The van der Waals surface area contributed by atoms with E-state index in [1.807, 2.05) is 0 Å². The number of amides is 1. The van der Waals surface area contributed by atoms with Crippen LogP contribution in [0, 0.1) is 23.5 Å². The SMILES string of the molecule is O=C(Nc1cc(F)ccc1F)[C@H]1CCCC[C@H]1C(=O)O. The van der Waals surface area contributed by atoms with Gasteiger partial charge in [0.25, 0.3) is 0 Å². The lowest BCUT2D eigenvalue weighted by molar-refractivity contribution is -0.147. The van der Waals surface area contributed by atoms with Crippen molar-refractivity contribution in [3.63, 3.8) is 0 Å². The molecule has 1 fully saturated rings. The van der Waals surface area contributed by atoms with Crippen LogP contribution in [-0.4, -0.2) is 17.0 Å². The summed E-state index contributed by atoms with van der Waals surface area (Å²) in [5.74, 6) is -4.47. The second kappa shape index (κ2) is 5.98. The fraction of sp³-hybridized carbons (Fsp3) is 0.429. The second-order valence-electron chi connectivity index (χ2n) is 4.95. The Hall–Kier alpha value is -1.98. The molecule has 0 aliphatic heterocycles. The lowest BCUT2D eigenvalue weighted by Crippen LogP contribution is -2.36. The minimum absolute atomic E-state index is 0.260. The normalized spacial score (nSPS) is 22.3. The van der Waals surface area contributed by atoms with Gasteiger partial charge in [-0.15, -0.1) is 0 Å². The number of carboxylic acids is 1. The number of aliphatic carboxylic acids is 1. The van der Waals surface area contributed by atoms with Crippen LogP contribution in [0.3, 0.4) is 0 Å². The van der Waals surface area contributed by atoms with Crippen molar-refractivity contribution >= 4 is 17.6 Å². The van der Waals surface area contributed by atoms with Gasteiger partial charge in [0.2, 0.25) is 5.91 Å². The topological polar surface area (TPSA) is 66.4 Å². The van der Waals surface area contributed by atoms with Crippen molar-refractivity contribution in [3.05, 3.63) is 29.8 Å². The van der Waals surface area contributed by atoms with E-state index in [-0.39, 0.29) is 5.69 Å². The fourth-order valence-corrected chi connectivity index (χ4v) is 2.56. The first-order valence-electron chi connectivity index (χ1n) is 6.48. The molecule has 108 valence electrons. The molecule has 0 saturated heterocycles. The number of nitrogens with one attached hydrogen (secondary N) is 1. The van der Waals surface area contributed by atoms with Gasteiger partial charge in [0.1, 0.15) is 11.6 Å². The van der Waals surface area contributed by atoms with Gasteiger partial charge in [-0.2, -0.15) is 0 Å². The van der Waals surface area contributed by atoms with Crippen LogP contribution >= 0.6 is 0 Å². The maximum Gasteiger partial charge on any atom is 0.307 e. The van der Waals surface area contributed by atoms with E-state index in [1.165, 1.54) is 0 Å². The zero-order valence-corrected chi connectivity index (χ0v) is 10.7. The first kappa shape index (κ1) is 14.4. The van der Waals surface area contributed by atoms with Crippen LogP contribution < -0.4 is 5.32 Å². The first-order chi connectivity index (χ1) is 9.49. The van der Waals surface area contributed by atoms with Crippen LogP contribution in [-0.2, 0) is 9.59 Å². The smallest absolute Gasteiger partial charge is 0.307 e. The van der Waals surface area contributed by atoms with Crippen molar-refractivity contribution in [1.29, 1.82) is 0 Å². The number of hydrogen-bond acceptors (Lipinski definition) is 2. The predicted octanol–water partition coefficient (Wildman–Crippen LogP) is 2.79. The van der Waals surface area contributed by atoms with E-state index in [0.29, 0.717) is 12.8 Å². The van der Waals surface area contributed by atoms with E-state index in [0.717, 1.165) is 31.0 Å². The number of halogens is 2. The third-order valence-electron chi connectivity index (χ3n) is 3.61. The fourth-order valence-electron chi connectivity index (χ4n) is 2.56. The van der Waals surface area contributed by atoms with Gasteiger partial charge < -0.3 is 10.4 Å². The molecule has 4 nitrogen and oxygen atoms in total. The molecular weight excluding hydrogens is 268 g/mol. The highest BCUT2D eigenvalue weighted by molar-refractivity contribution is 5.95. The molecule has 6 heteroatoms. The zero-order chi connectivity index (χ0) is 14.7. The third kappa shape index (κ3) is 3.12. The van der Waals surface area contributed by atoms with Crippen LogP contribution in [0.15, 0.2) is 18.2 Å². The Labute approximate surface area is 114 Å². The Bertz CT molecular complexity index is 533. The van der Waals surface area contributed by atoms with Crippen molar-refractivity contribution in [2.45, 2.75) is 25.7 Å². The molecule has 1 aliphatic rings. The minimum atomic E-state index is -1.02. The summed E-state index contributed by atoms with van der Waals surface area (Å²) < 4.78 is 26.5. The van der Waals surface area contributed by atoms with Crippen molar-refractivity contribution in [1.82, 2.24) is 0 Å². The summed E-state index contributed by atoms with van der Waals surface area (Å²) >= 11 is 0. The molecule has 0 heterocycles. The van der Waals surface area contributed by atoms with Gasteiger partial charge in [-0.3, -0.25) is 9.59 Å². The summed E-state index contributed by atoms with van der Waals surface area (Å²) in [5.41, 5.74) is -0.260. The van der Waals surface area contributed by atoms with Gasteiger partial charge in [-0.1, -0.05) is 12.8 Å². The molecule has 2 N–H and O–H groups in total. The Balaban J connectivity index is 2.14. The summed E-state index contributed by atoms with van der Waals surface area (Å²) in [6, 6.07) is 2.75. The van der Waals surface area contributed by atoms with E-state index in [9.17, 15) is 18.4 Å². The molecular formula is C14H15F2NO3. The predicted molar refractivity (Wildman–Crippen MR) is 68.1 cm³/mol. The minimum Gasteiger partial charge on any atom is -0.481 e. The summed E-state index contributed by atoms with van der Waals surface area (Å²) in [7, 11) is 0. The maximum absolute atomic E-state index is 13.5. The van der Waals surface area contributed by atoms with Crippen LogP contribution in [0.5, 0.6) is 0 Å². The van der Waals surface area contributed by atoms with E-state index in [2.05, 4.69) is 5.32 Å². The highest BCUT2D eigenvalue weighted by Crippen LogP contribution is 2.31. The first-order valence-corrected chi connectivity index (χ1v) is 6.48. The van der Waals surface area contributed by atoms with E-state index in [4.69, 9.17) is 5.11 Å². The Morgan fingerprint density at radius 3 is 2.45 bits per heavy atom. The van der Waals surface area contributed by atoms with E-state index >= 15 is 0 Å². The largest absolute Gasteiger partial charge is 0.481 e. The van der Waals surface area contributed by atoms with Crippen molar-refractivity contribution in [3.8, 4) is 0 Å². The monoisotopic (exact) mass is 283 g/mol. The van der Waals surface area contributed by atoms with Crippen LogP contribution in [0.2, 0.25) is 0 Å². The highest BCUT2D eigenvalue weighted by Gasteiger charge is 2.35. The van der Waals surface area contributed by atoms with Gasteiger partial charge in [-0.25, -0.2) is 8.78 Å². The number of carboxylic acid groups (broad SMARTS) is 1. The number of rotatable bonds is 3. The quantitative estimate of drug-likeness (QED) is 0.896. The van der Waals surface area contributed by atoms with Gasteiger partial charge in [-0.05, 0) is 25.0 Å².